The molecule has 0 fully saturated rings. The molecule has 0 atom stereocenters. The van der Waals surface area contributed by atoms with Gasteiger partial charge in [-0.15, -0.1) is 11.3 Å². The van der Waals surface area contributed by atoms with Gasteiger partial charge in [-0.3, -0.25) is 4.98 Å². The van der Waals surface area contributed by atoms with E-state index in [0.717, 1.165) is 22.4 Å². The molecule has 1 N–H and O–H groups in total. The van der Waals surface area contributed by atoms with Gasteiger partial charge in [-0.05, 0) is 19.1 Å². The highest BCUT2D eigenvalue weighted by molar-refractivity contribution is 7.14. The van der Waals surface area contributed by atoms with Crippen molar-refractivity contribution in [2.75, 3.05) is 0 Å². The van der Waals surface area contributed by atoms with E-state index in [0.29, 0.717) is 11.3 Å². The van der Waals surface area contributed by atoms with Crippen molar-refractivity contribution in [3.63, 3.8) is 0 Å². The fourth-order valence-electron chi connectivity index (χ4n) is 1.44. The van der Waals surface area contributed by atoms with Crippen LogP contribution in [0.3, 0.4) is 0 Å². The number of hydrogen-bond donors (Lipinski definition) is 1. The largest absolute Gasteiger partial charge is 0.487 e. The normalized spacial score (nSPS) is 10.3. The molecule has 0 bridgehead atoms. The standard InChI is InChI=1S/C12H10FNO3S/c1-7-2-10(11(18-7)12(15)16)17-6-8-3-9(13)5-14-4-8/h2-5H,6H2,1H3,(H,15,16). The minimum Gasteiger partial charge on any atom is -0.487 e. The van der Waals surface area contributed by atoms with Crippen LogP contribution in [0.25, 0.3) is 0 Å². The third-order valence-electron chi connectivity index (χ3n) is 2.17. The van der Waals surface area contributed by atoms with Crippen LogP contribution in [0.15, 0.2) is 24.5 Å². The third-order valence-corrected chi connectivity index (χ3v) is 3.19. The number of halogens is 1. The summed E-state index contributed by atoms with van der Waals surface area (Å²) in [5.41, 5.74) is 0.551. The lowest BCUT2D eigenvalue weighted by Gasteiger charge is -2.05. The first-order chi connectivity index (χ1) is 8.56. The summed E-state index contributed by atoms with van der Waals surface area (Å²) in [4.78, 5) is 15.6. The molecule has 0 saturated heterocycles. The number of carbonyl (C=O) groups is 1. The second-order valence-corrected chi connectivity index (χ2v) is 4.91. The molecule has 0 amide bonds. The van der Waals surface area contributed by atoms with Gasteiger partial charge in [-0.25, -0.2) is 9.18 Å². The number of rotatable bonds is 4. The number of aromatic carboxylic acids is 1. The van der Waals surface area contributed by atoms with Crippen LogP contribution < -0.4 is 4.74 Å². The van der Waals surface area contributed by atoms with Crippen molar-refractivity contribution in [1.29, 1.82) is 0 Å². The Bertz CT molecular complexity index is 582. The second-order valence-electron chi connectivity index (χ2n) is 3.66. The Labute approximate surface area is 107 Å². The molecule has 6 heteroatoms. The maximum absolute atomic E-state index is 12.9. The summed E-state index contributed by atoms with van der Waals surface area (Å²) in [7, 11) is 0. The molecule has 2 aromatic rings. The van der Waals surface area contributed by atoms with Gasteiger partial charge in [0.05, 0.1) is 6.20 Å². The van der Waals surface area contributed by atoms with Gasteiger partial charge < -0.3 is 9.84 Å². The quantitative estimate of drug-likeness (QED) is 0.925. The molecule has 0 aliphatic carbocycles. The van der Waals surface area contributed by atoms with Gasteiger partial charge in [0.2, 0.25) is 0 Å². The SMILES string of the molecule is Cc1cc(OCc2cncc(F)c2)c(C(=O)O)s1. The Kier molecular flexibility index (Phi) is 3.57. The summed E-state index contributed by atoms with van der Waals surface area (Å²) in [6, 6.07) is 2.95. The van der Waals surface area contributed by atoms with E-state index in [-0.39, 0.29) is 11.5 Å². The lowest BCUT2D eigenvalue weighted by Crippen LogP contribution is -2.00. The highest BCUT2D eigenvalue weighted by Crippen LogP contribution is 2.29. The highest BCUT2D eigenvalue weighted by Gasteiger charge is 2.15. The van der Waals surface area contributed by atoms with Crippen molar-refractivity contribution in [1.82, 2.24) is 4.98 Å². The Morgan fingerprint density at radius 1 is 1.50 bits per heavy atom. The first-order valence-corrected chi connectivity index (χ1v) is 5.94. The topological polar surface area (TPSA) is 59.4 Å². The number of hydrogen-bond acceptors (Lipinski definition) is 4. The van der Waals surface area contributed by atoms with E-state index in [1.54, 1.807) is 13.0 Å². The number of carboxylic acid groups (broad SMARTS) is 1. The van der Waals surface area contributed by atoms with Crippen molar-refractivity contribution < 1.29 is 19.0 Å². The first kappa shape index (κ1) is 12.5. The Balaban J connectivity index is 2.13. The maximum Gasteiger partial charge on any atom is 0.349 e. The van der Waals surface area contributed by atoms with Gasteiger partial charge >= 0.3 is 5.97 Å². The zero-order valence-electron chi connectivity index (χ0n) is 9.51. The van der Waals surface area contributed by atoms with Gasteiger partial charge in [-0.1, -0.05) is 0 Å². The van der Waals surface area contributed by atoms with Crippen LogP contribution in [-0.4, -0.2) is 16.1 Å². The monoisotopic (exact) mass is 267 g/mol. The molecule has 2 heterocycles. The van der Waals surface area contributed by atoms with Gasteiger partial charge in [-0.2, -0.15) is 0 Å². The van der Waals surface area contributed by atoms with Crippen LogP contribution in [0, 0.1) is 12.7 Å². The van der Waals surface area contributed by atoms with E-state index < -0.39 is 11.8 Å². The minimum absolute atomic E-state index is 0.0845. The number of aryl methyl sites for hydroxylation is 1. The number of aromatic nitrogens is 1. The molecule has 0 radical (unpaired) electrons. The molecule has 94 valence electrons. The number of ether oxygens (including phenoxy) is 1. The Hall–Kier alpha value is -1.95. The van der Waals surface area contributed by atoms with Crippen molar-refractivity contribution in [3.8, 4) is 5.75 Å². The molecule has 0 aliphatic heterocycles. The average molecular weight is 267 g/mol. The van der Waals surface area contributed by atoms with Crippen molar-refractivity contribution in [2.24, 2.45) is 0 Å². The molecule has 0 aliphatic rings. The van der Waals surface area contributed by atoms with Crippen LogP contribution >= 0.6 is 11.3 Å². The number of pyridine rings is 1. The molecule has 0 spiro atoms. The van der Waals surface area contributed by atoms with E-state index in [9.17, 15) is 9.18 Å². The predicted octanol–water partition coefficient (Wildman–Crippen LogP) is 2.87. The lowest BCUT2D eigenvalue weighted by molar-refractivity contribution is 0.0697. The fraction of sp³-hybridized carbons (Fsp3) is 0.167. The van der Waals surface area contributed by atoms with Crippen LogP contribution in [0.5, 0.6) is 5.75 Å². The molecule has 4 nitrogen and oxygen atoms in total. The zero-order chi connectivity index (χ0) is 13.1. The maximum atomic E-state index is 12.9. The van der Waals surface area contributed by atoms with E-state index in [2.05, 4.69) is 4.98 Å². The summed E-state index contributed by atoms with van der Waals surface area (Å²) < 4.78 is 18.3. The molecule has 2 rings (SSSR count). The zero-order valence-corrected chi connectivity index (χ0v) is 10.3. The summed E-state index contributed by atoms with van der Waals surface area (Å²) in [6.07, 6.45) is 2.57. The Morgan fingerprint density at radius 3 is 2.94 bits per heavy atom. The van der Waals surface area contributed by atoms with Crippen LogP contribution in [-0.2, 0) is 6.61 Å². The average Bonchev–Trinajstić information content (AvgIpc) is 2.68. The minimum atomic E-state index is -1.03. The Morgan fingerprint density at radius 2 is 2.28 bits per heavy atom. The van der Waals surface area contributed by atoms with E-state index in [1.165, 1.54) is 12.3 Å². The molecule has 0 saturated carbocycles. The molecular formula is C12H10FNO3S. The summed E-state index contributed by atoms with van der Waals surface area (Å²) in [6.45, 7) is 1.88. The predicted molar refractivity (Wildman–Crippen MR) is 64.5 cm³/mol. The summed E-state index contributed by atoms with van der Waals surface area (Å²) >= 11 is 1.15. The second kappa shape index (κ2) is 5.14. The van der Waals surface area contributed by atoms with Gasteiger partial charge in [0.1, 0.15) is 18.2 Å². The highest BCUT2D eigenvalue weighted by atomic mass is 32.1. The number of carboxylic acids is 1. The molecule has 18 heavy (non-hydrogen) atoms. The molecule has 0 aromatic carbocycles. The number of thiophene rings is 1. The van der Waals surface area contributed by atoms with E-state index in [1.807, 2.05) is 0 Å². The molecule has 2 aromatic heterocycles. The smallest absolute Gasteiger partial charge is 0.349 e. The molecular weight excluding hydrogens is 257 g/mol. The van der Waals surface area contributed by atoms with Crippen LogP contribution in [0.2, 0.25) is 0 Å². The fourth-order valence-corrected chi connectivity index (χ4v) is 2.24. The van der Waals surface area contributed by atoms with Crippen molar-refractivity contribution in [3.05, 3.63) is 45.7 Å². The van der Waals surface area contributed by atoms with Crippen LogP contribution in [0.4, 0.5) is 4.39 Å². The van der Waals surface area contributed by atoms with Crippen molar-refractivity contribution in [2.45, 2.75) is 13.5 Å². The molecule has 0 unspecified atom stereocenters. The van der Waals surface area contributed by atoms with Gasteiger partial charge in [0.25, 0.3) is 0 Å². The third kappa shape index (κ3) is 2.84. The van der Waals surface area contributed by atoms with E-state index >= 15 is 0 Å². The van der Waals surface area contributed by atoms with Crippen molar-refractivity contribution >= 4 is 17.3 Å². The summed E-state index contributed by atoms with van der Waals surface area (Å²) in [5.74, 6) is -1.18. The van der Waals surface area contributed by atoms with E-state index in [4.69, 9.17) is 9.84 Å². The van der Waals surface area contributed by atoms with Gasteiger partial charge in [0.15, 0.2) is 4.88 Å². The number of nitrogens with zero attached hydrogens (tertiary/aromatic N) is 1. The van der Waals surface area contributed by atoms with Gasteiger partial charge in [0, 0.05) is 16.6 Å². The first-order valence-electron chi connectivity index (χ1n) is 5.12. The lowest BCUT2D eigenvalue weighted by atomic mass is 10.3. The van der Waals surface area contributed by atoms with Crippen LogP contribution in [0.1, 0.15) is 20.1 Å². The summed E-state index contributed by atoms with van der Waals surface area (Å²) in [5, 5.41) is 8.98.